The van der Waals surface area contributed by atoms with Gasteiger partial charge in [-0.1, -0.05) is 30.0 Å². The Morgan fingerprint density at radius 3 is 2.64 bits per heavy atom. The van der Waals surface area contributed by atoms with Gasteiger partial charge in [0, 0.05) is 23.7 Å². The normalized spacial score (nSPS) is 10.5. The van der Waals surface area contributed by atoms with Gasteiger partial charge in [0.25, 0.3) is 5.22 Å². The summed E-state index contributed by atoms with van der Waals surface area (Å²) >= 11 is 1.54. The molecule has 2 aromatic heterocycles. The first-order chi connectivity index (χ1) is 10.9. The number of nitrogens with zero attached hydrogens (tertiary/aromatic N) is 3. The first-order valence-electron chi connectivity index (χ1n) is 6.96. The van der Waals surface area contributed by atoms with Crippen LogP contribution in [0, 0.1) is 0 Å². The fourth-order valence-corrected chi connectivity index (χ4v) is 2.48. The van der Waals surface area contributed by atoms with Crippen LogP contribution in [0.1, 0.15) is 6.42 Å². The highest BCUT2D eigenvalue weighted by Gasteiger charge is 2.08. The summed E-state index contributed by atoms with van der Waals surface area (Å²) in [4.78, 5) is 3.96. The minimum absolute atomic E-state index is 0.519. The van der Waals surface area contributed by atoms with Gasteiger partial charge < -0.3 is 9.15 Å². The number of thioether (sulfide) groups is 1. The third-order valence-electron chi connectivity index (χ3n) is 2.86. The Labute approximate surface area is 132 Å². The third kappa shape index (κ3) is 4.08. The lowest BCUT2D eigenvalue weighted by Gasteiger charge is -2.04. The zero-order valence-corrected chi connectivity index (χ0v) is 12.7. The smallest absolute Gasteiger partial charge is 0.276 e. The second-order valence-electron chi connectivity index (χ2n) is 4.47. The van der Waals surface area contributed by atoms with Crippen LogP contribution in [0.4, 0.5) is 0 Å². The van der Waals surface area contributed by atoms with Gasteiger partial charge in [-0.05, 0) is 30.7 Å². The van der Waals surface area contributed by atoms with Gasteiger partial charge in [0.1, 0.15) is 5.75 Å². The van der Waals surface area contributed by atoms with Crippen LogP contribution in [-0.2, 0) is 0 Å². The number of benzene rings is 1. The van der Waals surface area contributed by atoms with Crippen molar-refractivity contribution in [2.75, 3.05) is 12.4 Å². The quantitative estimate of drug-likeness (QED) is 0.490. The van der Waals surface area contributed by atoms with Crippen LogP contribution in [0.5, 0.6) is 5.75 Å². The molecular formula is C16H15N3O2S. The summed E-state index contributed by atoms with van der Waals surface area (Å²) in [6.45, 7) is 0.669. The Hall–Kier alpha value is -2.34. The van der Waals surface area contributed by atoms with E-state index in [2.05, 4.69) is 15.2 Å². The Balaban J connectivity index is 1.42. The van der Waals surface area contributed by atoms with Crippen LogP contribution >= 0.6 is 11.8 Å². The fourth-order valence-electron chi connectivity index (χ4n) is 1.80. The van der Waals surface area contributed by atoms with Gasteiger partial charge >= 0.3 is 0 Å². The van der Waals surface area contributed by atoms with E-state index in [-0.39, 0.29) is 0 Å². The highest BCUT2D eigenvalue weighted by molar-refractivity contribution is 7.99. The number of ether oxygens (including phenoxy) is 1. The standard InChI is InChI=1S/C16H15N3O2S/c1-2-5-14(6-3-1)20-11-4-12-22-16-19-18-15(21-16)13-7-9-17-10-8-13/h1-3,5-10H,4,11-12H2. The van der Waals surface area contributed by atoms with Crippen molar-refractivity contribution in [1.29, 1.82) is 0 Å². The van der Waals surface area contributed by atoms with Crippen molar-refractivity contribution in [1.82, 2.24) is 15.2 Å². The topological polar surface area (TPSA) is 61.0 Å². The van der Waals surface area contributed by atoms with E-state index in [1.54, 1.807) is 12.4 Å². The lowest BCUT2D eigenvalue weighted by Crippen LogP contribution is -1.98. The van der Waals surface area contributed by atoms with Gasteiger partial charge in [-0.3, -0.25) is 4.98 Å². The van der Waals surface area contributed by atoms with Gasteiger partial charge in [-0.25, -0.2) is 0 Å². The molecule has 22 heavy (non-hydrogen) atoms. The monoisotopic (exact) mass is 313 g/mol. The highest BCUT2D eigenvalue weighted by Crippen LogP contribution is 2.23. The molecule has 0 aliphatic heterocycles. The Bertz CT molecular complexity index is 689. The number of aromatic nitrogens is 3. The summed E-state index contributed by atoms with van der Waals surface area (Å²) < 4.78 is 11.2. The van der Waals surface area contributed by atoms with E-state index in [0.717, 1.165) is 23.5 Å². The molecule has 3 rings (SSSR count). The maximum Gasteiger partial charge on any atom is 0.276 e. The van der Waals surface area contributed by atoms with Crippen LogP contribution in [0.25, 0.3) is 11.5 Å². The molecule has 1 aromatic carbocycles. The number of hydrogen-bond donors (Lipinski definition) is 0. The molecule has 0 saturated heterocycles. The van der Waals surface area contributed by atoms with Crippen molar-refractivity contribution < 1.29 is 9.15 Å². The van der Waals surface area contributed by atoms with Crippen LogP contribution < -0.4 is 4.74 Å². The van der Waals surface area contributed by atoms with Crippen LogP contribution in [-0.4, -0.2) is 27.5 Å². The molecule has 112 valence electrons. The Kier molecular flexibility index (Phi) is 5.04. The zero-order valence-electron chi connectivity index (χ0n) is 11.9. The summed E-state index contributed by atoms with van der Waals surface area (Å²) in [5, 5.41) is 8.65. The Morgan fingerprint density at radius 2 is 1.82 bits per heavy atom. The average Bonchev–Trinajstić information content (AvgIpc) is 3.05. The van der Waals surface area contributed by atoms with Crippen LogP contribution in [0.3, 0.4) is 0 Å². The molecule has 0 fully saturated rings. The van der Waals surface area contributed by atoms with E-state index < -0.39 is 0 Å². The summed E-state index contributed by atoms with van der Waals surface area (Å²) in [6, 6.07) is 13.5. The van der Waals surface area contributed by atoms with Gasteiger partial charge in [-0.2, -0.15) is 0 Å². The predicted molar refractivity (Wildman–Crippen MR) is 84.8 cm³/mol. The highest BCUT2D eigenvalue weighted by atomic mass is 32.2. The number of hydrogen-bond acceptors (Lipinski definition) is 6. The van der Waals surface area contributed by atoms with Crippen LogP contribution in [0.2, 0.25) is 0 Å². The maximum atomic E-state index is 5.63. The molecule has 0 radical (unpaired) electrons. The first-order valence-corrected chi connectivity index (χ1v) is 7.95. The summed E-state index contributed by atoms with van der Waals surface area (Å²) in [7, 11) is 0. The van der Waals surface area contributed by atoms with Crippen LogP contribution in [0.15, 0.2) is 64.5 Å². The molecule has 6 heteroatoms. The molecule has 3 aromatic rings. The molecule has 0 bridgehead atoms. The molecule has 0 N–H and O–H groups in total. The molecule has 0 aliphatic rings. The minimum atomic E-state index is 0.519. The van der Waals surface area contributed by atoms with Crippen molar-refractivity contribution in [2.24, 2.45) is 0 Å². The van der Waals surface area contributed by atoms with E-state index >= 15 is 0 Å². The number of pyridine rings is 1. The van der Waals surface area contributed by atoms with Crippen molar-refractivity contribution in [3.05, 3.63) is 54.9 Å². The largest absolute Gasteiger partial charge is 0.494 e. The van der Waals surface area contributed by atoms with Gasteiger partial charge in [-0.15, -0.1) is 10.2 Å². The lowest BCUT2D eigenvalue weighted by molar-refractivity contribution is 0.318. The van der Waals surface area contributed by atoms with E-state index in [1.165, 1.54) is 11.8 Å². The van der Waals surface area contributed by atoms with Crippen molar-refractivity contribution >= 4 is 11.8 Å². The molecule has 0 spiro atoms. The second kappa shape index (κ2) is 7.61. The maximum absolute atomic E-state index is 5.63. The average molecular weight is 313 g/mol. The fraction of sp³-hybridized carbons (Fsp3) is 0.188. The minimum Gasteiger partial charge on any atom is -0.494 e. The van der Waals surface area contributed by atoms with E-state index in [1.807, 2.05) is 42.5 Å². The van der Waals surface area contributed by atoms with Gasteiger partial charge in [0.2, 0.25) is 5.89 Å². The third-order valence-corrected chi connectivity index (χ3v) is 3.76. The first kappa shape index (κ1) is 14.6. The number of para-hydroxylation sites is 1. The summed E-state index contributed by atoms with van der Waals surface area (Å²) in [5.74, 6) is 2.28. The molecule has 2 heterocycles. The molecule has 5 nitrogen and oxygen atoms in total. The van der Waals surface area contributed by atoms with Crippen molar-refractivity contribution in [2.45, 2.75) is 11.6 Å². The SMILES string of the molecule is c1ccc(OCCCSc2nnc(-c3ccncc3)o2)cc1. The molecule has 0 saturated carbocycles. The molecule has 0 aliphatic carbocycles. The summed E-state index contributed by atoms with van der Waals surface area (Å²) in [6.07, 6.45) is 4.31. The van der Waals surface area contributed by atoms with Crippen molar-refractivity contribution in [3.8, 4) is 17.2 Å². The van der Waals surface area contributed by atoms with Gasteiger partial charge in [0.15, 0.2) is 0 Å². The lowest BCUT2D eigenvalue weighted by atomic mass is 10.3. The second-order valence-corrected chi connectivity index (χ2v) is 5.52. The molecular weight excluding hydrogens is 298 g/mol. The Morgan fingerprint density at radius 1 is 1.00 bits per heavy atom. The number of rotatable bonds is 7. The van der Waals surface area contributed by atoms with E-state index in [9.17, 15) is 0 Å². The molecule has 0 atom stereocenters. The zero-order chi connectivity index (χ0) is 15.0. The van der Waals surface area contributed by atoms with Gasteiger partial charge in [0.05, 0.1) is 6.61 Å². The molecule has 0 unspecified atom stereocenters. The van der Waals surface area contributed by atoms with E-state index in [4.69, 9.17) is 9.15 Å². The van der Waals surface area contributed by atoms with Crippen molar-refractivity contribution in [3.63, 3.8) is 0 Å². The molecule has 0 amide bonds. The summed E-state index contributed by atoms with van der Waals surface area (Å²) in [5.41, 5.74) is 0.877. The van der Waals surface area contributed by atoms with E-state index in [0.29, 0.717) is 17.7 Å². The predicted octanol–water partition coefficient (Wildman–Crippen LogP) is 3.69.